The van der Waals surface area contributed by atoms with Crippen LogP contribution in [-0.2, 0) is 6.54 Å². The highest BCUT2D eigenvalue weighted by atomic mass is 19.1. The number of hydrogen-bond acceptors (Lipinski definition) is 4. The summed E-state index contributed by atoms with van der Waals surface area (Å²) in [4.78, 5) is 19.9. The number of H-pyrrole nitrogens is 1. The third kappa shape index (κ3) is 3.01. The maximum Gasteiger partial charge on any atom is 0.441 e. The van der Waals surface area contributed by atoms with Crippen molar-refractivity contribution in [1.82, 2.24) is 9.88 Å². The van der Waals surface area contributed by atoms with Crippen molar-refractivity contribution in [2.75, 3.05) is 42.9 Å². The molecule has 0 bridgehead atoms. The number of nitrogens with zero attached hydrogens (tertiary/aromatic N) is 3. The van der Waals surface area contributed by atoms with Crippen molar-refractivity contribution < 1.29 is 8.96 Å². The van der Waals surface area contributed by atoms with Crippen molar-refractivity contribution in [2.45, 2.75) is 12.6 Å². The van der Waals surface area contributed by atoms with Crippen LogP contribution in [0.4, 0.5) is 15.9 Å². The first kappa shape index (κ1) is 17.2. The molecule has 2 aliphatic rings. The molecule has 2 N–H and O–H groups in total. The number of aromatic nitrogens is 2. The fourth-order valence-corrected chi connectivity index (χ4v) is 4.31. The van der Waals surface area contributed by atoms with E-state index in [1.54, 1.807) is 10.6 Å². The predicted molar refractivity (Wildman–Crippen MR) is 107 cm³/mol. The van der Waals surface area contributed by atoms with Gasteiger partial charge in [0.15, 0.2) is 0 Å². The van der Waals surface area contributed by atoms with E-state index in [1.807, 2.05) is 36.4 Å². The van der Waals surface area contributed by atoms with Crippen LogP contribution in [0.15, 0.2) is 53.3 Å². The largest absolute Gasteiger partial charge is 0.441 e. The van der Waals surface area contributed by atoms with Crippen molar-refractivity contribution in [3.8, 4) is 0 Å². The Morgan fingerprint density at radius 3 is 2.61 bits per heavy atom. The molecule has 0 spiro atoms. The molecule has 3 aromatic rings. The molecule has 0 radical (unpaired) electrons. The van der Waals surface area contributed by atoms with Gasteiger partial charge in [0, 0.05) is 32.7 Å². The van der Waals surface area contributed by atoms with Crippen LogP contribution < -0.4 is 20.5 Å². The van der Waals surface area contributed by atoms with Crippen LogP contribution in [0.5, 0.6) is 0 Å². The first-order valence-corrected chi connectivity index (χ1v) is 9.72. The Hall–Kier alpha value is -2.93. The summed E-state index contributed by atoms with van der Waals surface area (Å²) >= 11 is 0. The number of benzene rings is 2. The van der Waals surface area contributed by atoms with Crippen LogP contribution in [0.2, 0.25) is 0 Å². The molecule has 5 rings (SSSR count). The quantitative estimate of drug-likeness (QED) is 0.678. The minimum Gasteiger partial charge on any atom is -0.367 e. The third-order valence-electron chi connectivity index (χ3n) is 5.73. The second-order valence-corrected chi connectivity index (χ2v) is 7.52. The van der Waals surface area contributed by atoms with Gasteiger partial charge in [-0.15, -0.1) is 0 Å². The zero-order valence-electron chi connectivity index (χ0n) is 15.6. The van der Waals surface area contributed by atoms with Crippen molar-refractivity contribution >= 4 is 22.4 Å². The highest BCUT2D eigenvalue weighted by Gasteiger charge is 2.32. The third-order valence-corrected chi connectivity index (χ3v) is 5.73. The van der Waals surface area contributed by atoms with Gasteiger partial charge in [-0.05, 0) is 24.3 Å². The lowest BCUT2D eigenvalue weighted by molar-refractivity contribution is -0.689. The molecule has 144 valence electrons. The van der Waals surface area contributed by atoms with Gasteiger partial charge in [0.1, 0.15) is 23.9 Å². The molecule has 1 aromatic heterocycles. The van der Waals surface area contributed by atoms with Gasteiger partial charge in [-0.1, -0.05) is 24.3 Å². The van der Waals surface area contributed by atoms with E-state index in [9.17, 15) is 9.18 Å². The molecule has 3 heterocycles. The maximum absolute atomic E-state index is 14.0. The van der Waals surface area contributed by atoms with Crippen molar-refractivity contribution in [2.24, 2.45) is 0 Å². The highest BCUT2D eigenvalue weighted by Crippen LogP contribution is 2.22. The van der Waals surface area contributed by atoms with Crippen LogP contribution >= 0.6 is 0 Å². The molecule has 2 aliphatic heterocycles. The van der Waals surface area contributed by atoms with E-state index in [2.05, 4.69) is 20.1 Å². The lowest BCUT2D eigenvalue weighted by Crippen LogP contribution is -2.53. The highest BCUT2D eigenvalue weighted by molar-refractivity contribution is 5.87. The number of fused-ring (bicyclic) bond motifs is 3. The number of aromatic amines is 1. The van der Waals surface area contributed by atoms with Crippen LogP contribution in [-0.4, -0.2) is 48.6 Å². The predicted octanol–water partition coefficient (Wildman–Crippen LogP) is 1.57. The van der Waals surface area contributed by atoms with Crippen molar-refractivity contribution in [3.05, 3.63) is 64.8 Å². The van der Waals surface area contributed by atoms with Crippen LogP contribution in [0, 0.1) is 5.82 Å². The number of halogens is 1. The first-order chi connectivity index (χ1) is 13.7. The van der Waals surface area contributed by atoms with Gasteiger partial charge >= 0.3 is 5.69 Å². The molecule has 0 saturated carbocycles. The monoisotopic (exact) mass is 380 g/mol. The standard InChI is InChI=1S/C21H22FN5O/c22-17-6-2-4-8-19(17)26-11-9-25(10-12-26)13-15-14-27-20(23-15)16-5-1-3-7-18(16)24-21(27)28/h1-8,15H,9-14H2,(H,23,24,28)/p+1/t15-/m1/s1. The fraction of sp³-hybridized carbons (Fsp3) is 0.333. The Morgan fingerprint density at radius 2 is 1.79 bits per heavy atom. The zero-order chi connectivity index (χ0) is 19.1. The summed E-state index contributed by atoms with van der Waals surface area (Å²) < 4.78 is 15.8. The molecule has 0 amide bonds. The minimum absolute atomic E-state index is 0.0759. The summed E-state index contributed by atoms with van der Waals surface area (Å²) in [6.07, 6.45) is 0. The van der Waals surface area contributed by atoms with Gasteiger partial charge in [-0.2, -0.15) is 4.57 Å². The van der Waals surface area contributed by atoms with Gasteiger partial charge in [0.05, 0.1) is 11.1 Å². The fourth-order valence-electron chi connectivity index (χ4n) is 4.31. The topological polar surface area (TPSA) is 55.3 Å². The molecule has 6 nitrogen and oxygen atoms in total. The van der Waals surface area contributed by atoms with E-state index in [0.717, 1.165) is 49.4 Å². The molecule has 1 atom stereocenters. The van der Waals surface area contributed by atoms with E-state index in [4.69, 9.17) is 0 Å². The van der Waals surface area contributed by atoms with Gasteiger partial charge in [-0.3, -0.25) is 10.2 Å². The lowest BCUT2D eigenvalue weighted by atomic mass is 10.2. The summed E-state index contributed by atoms with van der Waals surface area (Å²) in [6.45, 7) is 4.88. The Morgan fingerprint density at radius 1 is 1.04 bits per heavy atom. The SMILES string of the molecule is O=c1[nH]c2ccccc2c2[n+]1C[C@@H](CN1CCN(c3ccccc3F)CC1)N2. The molecule has 1 fully saturated rings. The Balaban J connectivity index is 1.26. The summed E-state index contributed by atoms with van der Waals surface area (Å²) in [7, 11) is 0. The average molecular weight is 380 g/mol. The molecule has 0 unspecified atom stereocenters. The van der Waals surface area contributed by atoms with Gasteiger partial charge < -0.3 is 4.90 Å². The number of piperazine rings is 1. The smallest absolute Gasteiger partial charge is 0.367 e. The number of anilines is 2. The number of hydrogen-bond donors (Lipinski definition) is 2. The van der Waals surface area contributed by atoms with Gasteiger partial charge in [0.2, 0.25) is 5.82 Å². The number of nitrogens with one attached hydrogen (secondary N) is 2. The summed E-state index contributed by atoms with van der Waals surface area (Å²) in [5, 5.41) is 4.58. The van der Waals surface area contributed by atoms with Crippen LogP contribution in [0.1, 0.15) is 0 Å². The zero-order valence-corrected chi connectivity index (χ0v) is 15.6. The summed E-state index contributed by atoms with van der Waals surface area (Å²) in [6, 6.07) is 15.0. The normalized spacial score (nSPS) is 19.6. The molecule has 7 heteroatoms. The first-order valence-electron chi connectivity index (χ1n) is 9.72. The molecule has 2 aromatic carbocycles. The molecule has 1 saturated heterocycles. The molecule has 0 aliphatic carbocycles. The van der Waals surface area contributed by atoms with Gasteiger partial charge in [-0.25, -0.2) is 14.2 Å². The Kier molecular flexibility index (Phi) is 4.24. The van der Waals surface area contributed by atoms with E-state index in [1.165, 1.54) is 6.07 Å². The van der Waals surface area contributed by atoms with Crippen molar-refractivity contribution in [1.29, 1.82) is 0 Å². The minimum atomic E-state index is -0.161. The molecule has 28 heavy (non-hydrogen) atoms. The summed E-state index contributed by atoms with van der Waals surface area (Å²) in [5.74, 6) is 0.737. The van der Waals surface area contributed by atoms with Gasteiger partial charge in [0.25, 0.3) is 0 Å². The lowest BCUT2D eigenvalue weighted by Gasteiger charge is -2.36. The maximum atomic E-state index is 14.0. The van der Waals surface area contributed by atoms with Crippen molar-refractivity contribution in [3.63, 3.8) is 0 Å². The van der Waals surface area contributed by atoms with Crippen LogP contribution in [0.3, 0.4) is 0 Å². The Bertz CT molecular complexity index is 1070. The van der Waals surface area contributed by atoms with E-state index < -0.39 is 0 Å². The van der Waals surface area contributed by atoms with E-state index >= 15 is 0 Å². The second-order valence-electron chi connectivity index (χ2n) is 7.52. The average Bonchev–Trinajstić information content (AvgIpc) is 3.14. The summed E-state index contributed by atoms with van der Waals surface area (Å²) in [5.41, 5.74) is 1.46. The Labute approximate surface area is 162 Å². The van der Waals surface area contributed by atoms with Crippen LogP contribution in [0.25, 0.3) is 10.9 Å². The van der Waals surface area contributed by atoms with E-state index in [0.29, 0.717) is 12.2 Å². The molecular weight excluding hydrogens is 357 g/mol. The number of para-hydroxylation sites is 2. The second kappa shape index (κ2) is 6.91. The van der Waals surface area contributed by atoms with E-state index in [-0.39, 0.29) is 17.5 Å². The number of rotatable bonds is 3. The molecular formula is C21H23FN5O+.